The molecular weight excluding hydrogens is 266 g/mol. The highest BCUT2D eigenvalue weighted by Gasteiger charge is 2.35. The first-order valence-electron chi connectivity index (χ1n) is 7.76. The molecule has 1 heterocycles. The van der Waals surface area contributed by atoms with Crippen LogP contribution in [0.25, 0.3) is 0 Å². The Labute approximate surface area is 126 Å². The molecular formula is C17H25NO3. The number of ketones is 1. The van der Waals surface area contributed by atoms with E-state index >= 15 is 0 Å². The lowest BCUT2D eigenvalue weighted by Gasteiger charge is -2.32. The van der Waals surface area contributed by atoms with Crippen molar-refractivity contribution in [1.29, 1.82) is 0 Å². The van der Waals surface area contributed by atoms with Crippen LogP contribution in [0.4, 0.5) is 0 Å². The van der Waals surface area contributed by atoms with Crippen molar-refractivity contribution in [3.05, 3.63) is 23.8 Å². The van der Waals surface area contributed by atoms with E-state index in [0.717, 1.165) is 25.9 Å². The Hall–Kier alpha value is -1.55. The summed E-state index contributed by atoms with van der Waals surface area (Å²) < 4.78 is 11.2. The quantitative estimate of drug-likeness (QED) is 0.818. The molecule has 1 aliphatic heterocycles. The van der Waals surface area contributed by atoms with Crippen molar-refractivity contribution in [2.24, 2.45) is 5.41 Å². The number of benzene rings is 1. The molecule has 0 amide bonds. The van der Waals surface area contributed by atoms with Gasteiger partial charge in [-0.15, -0.1) is 0 Å². The zero-order valence-electron chi connectivity index (χ0n) is 13.2. The van der Waals surface area contributed by atoms with Crippen molar-refractivity contribution in [2.75, 3.05) is 26.3 Å². The first-order valence-corrected chi connectivity index (χ1v) is 7.76. The van der Waals surface area contributed by atoms with Crippen molar-refractivity contribution in [3.8, 4) is 11.5 Å². The first-order chi connectivity index (χ1) is 10.1. The summed E-state index contributed by atoms with van der Waals surface area (Å²) in [4.78, 5) is 12.8. The third-order valence-corrected chi connectivity index (χ3v) is 4.06. The minimum atomic E-state index is -0.276. The fourth-order valence-corrected chi connectivity index (χ4v) is 2.75. The van der Waals surface area contributed by atoms with Crippen molar-refractivity contribution in [2.45, 2.75) is 33.6 Å². The maximum absolute atomic E-state index is 12.8. The molecule has 4 nitrogen and oxygen atoms in total. The Morgan fingerprint density at radius 2 is 1.76 bits per heavy atom. The van der Waals surface area contributed by atoms with Crippen LogP contribution >= 0.6 is 0 Å². The molecule has 1 aromatic rings. The molecule has 1 N–H and O–H groups in total. The summed E-state index contributed by atoms with van der Waals surface area (Å²) in [7, 11) is 0. The second kappa shape index (κ2) is 6.94. The maximum atomic E-state index is 12.8. The largest absolute Gasteiger partial charge is 0.490 e. The Kier molecular flexibility index (Phi) is 5.23. The number of ether oxygens (including phenoxy) is 2. The maximum Gasteiger partial charge on any atom is 0.168 e. The monoisotopic (exact) mass is 291 g/mol. The van der Waals surface area contributed by atoms with Gasteiger partial charge in [0.25, 0.3) is 0 Å². The van der Waals surface area contributed by atoms with Crippen molar-refractivity contribution < 1.29 is 14.3 Å². The van der Waals surface area contributed by atoms with Crippen LogP contribution in [0.2, 0.25) is 0 Å². The molecule has 0 radical (unpaired) electrons. The molecule has 0 saturated carbocycles. The number of carbonyl (C=O) groups excluding carboxylic acids is 1. The Morgan fingerprint density at radius 3 is 2.38 bits per heavy atom. The van der Waals surface area contributed by atoms with E-state index in [1.807, 2.05) is 32.0 Å². The molecule has 1 saturated heterocycles. The van der Waals surface area contributed by atoms with E-state index < -0.39 is 0 Å². The smallest absolute Gasteiger partial charge is 0.168 e. The molecule has 4 heteroatoms. The number of hydrogen-bond acceptors (Lipinski definition) is 4. The second-order valence-electron chi connectivity index (χ2n) is 5.67. The van der Waals surface area contributed by atoms with E-state index in [0.29, 0.717) is 30.3 Å². The van der Waals surface area contributed by atoms with Gasteiger partial charge < -0.3 is 14.8 Å². The van der Waals surface area contributed by atoms with E-state index in [4.69, 9.17) is 9.47 Å². The highest BCUT2D eigenvalue weighted by atomic mass is 16.5. The van der Waals surface area contributed by atoms with Crippen LogP contribution in [0.3, 0.4) is 0 Å². The summed E-state index contributed by atoms with van der Waals surface area (Å²) in [5.74, 6) is 1.56. The van der Waals surface area contributed by atoms with Crippen LogP contribution in [-0.2, 0) is 0 Å². The molecule has 0 bridgehead atoms. The zero-order chi connectivity index (χ0) is 15.3. The van der Waals surface area contributed by atoms with Gasteiger partial charge in [0.15, 0.2) is 17.3 Å². The Bertz CT molecular complexity index is 493. The molecule has 21 heavy (non-hydrogen) atoms. The van der Waals surface area contributed by atoms with Crippen molar-refractivity contribution in [1.82, 2.24) is 5.32 Å². The summed E-state index contributed by atoms with van der Waals surface area (Å²) in [6, 6.07) is 5.51. The molecule has 0 atom stereocenters. The SMILES string of the molecule is CCOc1ccc(C(=O)C2(C)CCNCC2)cc1OCC. The third-order valence-electron chi connectivity index (χ3n) is 4.06. The topological polar surface area (TPSA) is 47.6 Å². The summed E-state index contributed by atoms with van der Waals surface area (Å²) >= 11 is 0. The third kappa shape index (κ3) is 3.56. The van der Waals surface area contributed by atoms with Crippen LogP contribution in [0, 0.1) is 5.41 Å². The van der Waals surface area contributed by atoms with Crippen molar-refractivity contribution in [3.63, 3.8) is 0 Å². The molecule has 1 aromatic carbocycles. The summed E-state index contributed by atoms with van der Waals surface area (Å²) in [5.41, 5.74) is 0.438. The lowest BCUT2D eigenvalue weighted by Crippen LogP contribution is -2.40. The van der Waals surface area contributed by atoms with E-state index in [1.54, 1.807) is 0 Å². The number of carbonyl (C=O) groups is 1. The summed E-state index contributed by atoms with van der Waals surface area (Å²) in [6.07, 6.45) is 1.76. The molecule has 0 unspecified atom stereocenters. The molecule has 2 rings (SSSR count). The van der Waals surface area contributed by atoms with Crippen LogP contribution in [-0.4, -0.2) is 32.1 Å². The average molecular weight is 291 g/mol. The normalized spacial score (nSPS) is 17.3. The minimum Gasteiger partial charge on any atom is -0.490 e. The van der Waals surface area contributed by atoms with E-state index in [9.17, 15) is 4.79 Å². The highest BCUT2D eigenvalue weighted by molar-refractivity contribution is 6.00. The standard InChI is InChI=1S/C17H25NO3/c1-4-20-14-7-6-13(12-15(14)21-5-2)16(19)17(3)8-10-18-11-9-17/h6-7,12,18H,4-5,8-11H2,1-3H3. The van der Waals surface area contributed by atoms with Gasteiger partial charge in [-0.25, -0.2) is 0 Å². The van der Waals surface area contributed by atoms with E-state index in [2.05, 4.69) is 12.2 Å². The van der Waals surface area contributed by atoms with Gasteiger partial charge in [-0.05, 0) is 58.0 Å². The van der Waals surface area contributed by atoms with Gasteiger partial charge in [-0.3, -0.25) is 4.79 Å². The predicted octanol–water partition coefficient (Wildman–Crippen LogP) is 3.06. The van der Waals surface area contributed by atoms with Gasteiger partial charge in [-0.2, -0.15) is 0 Å². The van der Waals surface area contributed by atoms with Gasteiger partial charge in [-0.1, -0.05) is 6.92 Å². The van der Waals surface area contributed by atoms with Gasteiger partial charge in [0, 0.05) is 11.0 Å². The minimum absolute atomic E-state index is 0.202. The van der Waals surface area contributed by atoms with Crippen LogP contribution in [0.5, 0.6) is 11.5 Å². The Morgan fingerprint density at radius 1 is 1.14 bits per heavy atom. The van der Waals surface area contributed by atoms with E-state index in [-0.39, 0.29) is 11.2 Å². The highest BCUT2D eigenvalue weighted by Crippen LogP contribution is 2.35. The van der Waals surface area contributed by atoms with Gasteiger partial charge in [0.1, 0.15) is 0 Å². The van der Waals surface area contributed by atoms with Crippen LogP contribution in [0.15, 0.2) is 18.2 Å². The molecule has 0 aliphatic carbocycles. The lowest BCUT2D eigenvalue weighted by molar-refractivity contribution is 0.0762. The molecule has 0 aromatic heterocycles. The predicted molar refractivity (Wildman–Crippen MR) is 83.3 cm³/mol. The number of piperidine rings is 1. The van der Waals surface area contributed by atoms with Gasteiger partial charge in [0.2, 0.25) is 0 Å². The molecule has 116 valence electrons. The summed E-state index contributed by atoms with van der Waals surface area (Å²) in [6.45, 7) is 8.86. The summed E-state index contributed by atoms with van der Waals surface area (Å²) in [5, 5.41) is 3.31. The fraction of sp³-hybridized carbons (Fsp3) is 0.588. The van der Waals surface area contributed by atoms with Gasteiger partial charge >= 0.3 is 0 Å². The average Bonchev–Trinajstić information content (AvgIpc) is 2.49. The lowest BCUT2D eigenvalue weighted by atomic mass is 9.75. The van der Waals surface area contributed by atoms with Crippen molar-refractivity contribution >= 4 is 5.78 Å². The number of nitrogens with one attached hydrogen (secondary N) is 1. The Balaban J connectivity index is 2.26. The van der Waals surface area contributed by atoms with Crippen LogP contribution < -0.4 is 14.8 Å². The van der Waals surface area contributed by atoms with Crippen LogP contribution in [0.1, 0.15) is 44.0 Å². The first kappa shape index (κ1) is 15.8. The molecule has 1 fully saturated rings. The van der Waals surface area contributed by atoms with Gasteiger partial charge in [0.05, 0.1) is 13.2 Å². The fourth-order valence-electron chi connectivity index (χ4n) is 2.75. The number of hydrogen-bond donors (Lipinski definition) is 1. The molecule has 0 spiro atoms. The molecule has 1 aliphatic rings. The zero-order valence-corrected chi connectivity index (χ0v) is 13.2. The van der Waals surface area contributed by atoms with E-state index in [1.165, 1.54) is 0 Å². The number of Topliss-reactive ketones (excluding diaryl/α,β-unsaturated/α-hetero) is 1. The number of rotatable bonds is 6. The second-order valence-corrected chi connectivity index (χ2v) is 5.67.